The van der Waals surface area contributed by atoms with E-state index >= 15 is 0 Å². The Hall–Kier alpha value is -1.37. The SMILES string of the molecule is Cl.O=C(c1cc(=O)[nH]c2c(Br)cccc12)N1CC[C@@H]2CNC[C@@H]2CC1. The summed E-state index contributed by atoms with van der Waals surface area (Å²) in [5, 5.41) is 4.24. The zero-order chi connectivity index (χ0) is 16.7. The standard InChI is InChI=1S/C18H20BrN3O2.ClH/c19-15-3-1-2-13-14(8-16(23)21-17(13)15)18(24)22-6-4-11-9-20-10-12(11)5-7-22;/h1-3,8,11-12,20H,4-7,9-10H2,(H,21,23);1H/t11-,12+;. The predicted octanol–water partition coefficient (Wildman–Crippen LogP) is 2.78. The number of hydrogen-bond donors (Lipinski definition) is 2. The molecule has 4 rings (SSSR count). The molecule has 1 aromatic heterocycles. The number of H-pyrrole nitrogens is 1. The Balaban J connectivity index is 0.00000182. The summed E-state index contributed by atoms with van der Waals surface area (Å²) in [6.07, 6.45) is 2.07. The fraction of sp³-hybridized carbons (Fsp3) is 0.444. The lowest BCUT2D eigenvalue weighted by Gasteiger charge is -2.21. The maximum absolute atomic E-state index is 13.1. The van der Waals surface area contributed by atoms with Crippen molar-refractivity contribution in [1.82, 2.24) is 15.2 Å². The maximum Gasteiger partial charge on any atom is 0.254 e. The van der Waals surface area contributed by atoms with Crippen molar-refractivity contribution < 1.29 is 4.79 Å². The molecule has 7 heteroatoms. The lowest BCUT2D eigenvalue weighted by Crippen LogP contribution is -2.33. The van der Waals surface area contributed by atoms with Crippen molar-refractivity contribution in [2.45, 2.75) is 12.8 Å². The van der Waals surface area contributed by atoms with Gasteiger partial charge in [-0.15, -0.1) is 12.4 Å². The molecular formula is C18H21BrClN3O2. The Morgan fingerprint density at radius 3 is 2.52 bits per heavy atom. The van der Waals surface area contributed by atoms with Crippen LogP contribution in [0.1, 0.15) is 23.2 Å². The van der Waals surface area contributed by atoms with Gasteiger partial charge in [0, 0.05) is 29.0 Å². The summed E-state index contributed by atoms with van der Waals surface area (Å²) < 4.78 is 0.795. The van der Waals surface area contributed by atoms with Crippen LogP contribution in [-0.2, 0) is 0 Å². The minimum Gasteiger partial charge on any atom is -0.339 e. The molecular weight excluding hydrogens is 406 g/mol. The Labute approximate surface area is 160 Å². The highest BCUT2D eigenvalue weighted by Gasteiger charge is 2.32. The van der Waals surface area contributed by atoms with Gasteiger partial charge in [0.05, 0.1) is 11.1 Å². The average Bonchev–Trinajstić information content (AvgIpc) is 2.93. The number of hydrogen-bond acceptors (Lipinski definition) is 3. The van der Waals surface area contributed by atoms with Crippen LogP contribution in [0.2, 0.25) is 0 Å². The molecule has 2 aromatic rings. The van der Waals surface area contributed by atoms with Crippen LogP contribution in [0.5, 0.6) is 0 Å². The number of nitrogens with one attached hydrogen (secondary N) is 2. The van der Waals surface area contributed by atoms with Crippen molar-refractivity contribution in [1.29, 1.82) is 0 Å². The van der Waals surface area contributed by atoms with Gasteiger partial charge in [0.15, 0.2) is 0 Å². The highest BCUT2D eigenvalue weighted by atomic mass is 79.9. The molecule has 5 nitrogen and oxygen atoms in total. The minimum absolute atomic E-state index is 0. The number of carbonyl (C=O) groups is 1. The number of aromatic amines is 1. The Kier molecular flexibility index (Phi) is 5.51. The van der Waals surface area contributed by atoms with Crippen LogP contribution in [0.15, 0.2) is 33.5 Å². The summed E-state index contributed by atoms with van der Waals surface area (Å²) in [5.41, 5.74) is 0.943. The highest BCUT2D eigenvalue weighted by Crippen LogP contribution is 2.29. The normalized spacial score (nSPS) is 23.0. The van der Waals surface area contributed by atoms with Crippen LogP contribution >= 0.6 is 28.3 Å². The highest BCUT2D eigenvalue weighted by molar-refractivity contribution is 9.10. The Morgan fingerprint density at radius 1 is 1.16 bits per heavy atom. The Bertz CT molecular complexity index is 840. The molecule has 0 unspecified atom stereocenters. The lowest BCUT2D eigenvalue weighted by molar-refractivity contribution is 0.0760. The second-order valence-corrected chi connectivity index (χ2v) is 7.61. The molecule has 2 fully saturated rings. The van der Waals surface area contributed by atoms with Gasteiger partial charge >= 0.3 is 0 Å². The average molecular weight is 427 g/mol. The van der Waals surface area contributed by atoms with E-state index in [4.69, 9.17) is 0 Å². The third kappa shape index (κ3) is 3.48. The molecule has 1 aromatic carbocycles. The van der Waals surface area contributed by atoms with E-state index in [2.05, 4.69) is 26.2 Å². The summed E-state index contributed by atoms with van der Waals surface area (Å²) in [4.78, 5) is 29.9. The molecule has 0 aliphatic carbocycles. The number of pyridine rings is 1. The van der Waals surface area contributed by atoms with E-state index in [0.717, 1.165) is 48.9 Å². The zero-order valence-corrected chi connectivity index (χ0v) is 16.2. The Morgan fingerprint density at radius 2 is 1.84 bits per heavy atom. The predicted molar refractivity (Wildman–Crippen MR) is 105 cm³/mol. The molecule has 0 bridgehead atoms. The van der Waals surface area contributed by atoms with E-state index in [1.54, 1.807) is 0 Å². The van der Waals surface area contributed by atoms with Gasteiger partial charge in [-0.1, -0.05) is 12.1 Å². The third-order valence-corrected chi connectivity index (χ3v) is 6.03. The van der Waals surface area contributed by atoms with Crippen LogP contribution in [0.3, 0.4) is 0 Å². The number of benzene rings is 1. The number of likely N-dealkylation sites (tertiary alicyclic amines) is 1. The van der Waals surface area contributed by atoms with Crippen LogP contribution in [0.4, 0.5) is 0 Å². The van der Waals surface area contributed by atoms with Gasteiger partial charge in [-0.05, 0) is 59.8 Å². The molecule has 2 aliphatic heterocycles. The molecule has 1 amide bonds. The molecule has 25 heavy (non-hydrogen) atoms. The van der Waals surface area contributed by atoms with Crippen molar-refractivity contribution in [3.8, 4) is 0 Å². The number of carbonyl (C=O) groups excluding carboxylic acids is 1. The van der Waals surface area contributed by atoms with Gasteiger partial charge < -0.3 is 15.2 Å². The van der Waals surface area contributed by atoms with E-state index in [1.807, 2.05) is 23.1 Å². The summed E-state index contributed by atoms with van der Waals surface area (Å²) in [7, 11) is 0. The van der Waals surface area contributed by atoms with Crippen LogP contribution in [-0.4, -0.2) is 42.0 Å². The van der Waals surface area contributed by atoms with Gasteiger partial charge in [-0.2, -0.15) is 0 Å². The fourth-order valence-corrected chi connectivity index (χ4v) is 4.48. The van der Waals surface area contributed by atoms with Crippen LogP contribution < -0.4 is 10.9 Å². The van der Waals surface area contributed by atoms with E-state index in [1.165, 1.54) is 6.07 Å². The number of halogens is 2. The third-order valence-electron chi connectivity index (χ3n) is 5.36. The monoisotopic (exact) mass is 425 g/mol. The van der Waals surface area contributed by atoms with Crippen LogP contribution in [0, 0.1) is 11.8 Å². The molecule has 0 saturated carbocycles. The van der Waals surface area contributed by atoms with E-state index in [9.17, 15) is 9.59 Å². The first-order valence-corrected chi connectivity index (χ1v) is 9.24. The number of fused-ring (bicyclic) bond motifs is 2. The van der Waals surface area contributed by atoms with Gasteiger partial charge in [-0.3, -0.25) is 9.59 Å². The minimum atomic E-state index is -0.242. The second-order valence-electron chi connectivity index (χ2n) is 6.76. The van der Waals surface area contributed by atoms with Crippen molar-refractivity contribution in [2.75, 3.05) is 26.2 Å². The molecule has 3 heterocycles. The smallest absolute Gasteiger partial charge is 0.254 e. The van der Waals surface area contributed by atoms with Crippen LogP contribution in [0.25, 0.3) is 10.9 Å². The van der Waals surface area contributed by atoms with Gasteiger partial charge in [-0.25, -0.2) is 0 Å². The first kappa shape index (κ1) is 18.4. The molecule has 0 radical (unpaired) electrons. The second kappa shape index (κ2) is 7.48. The first-order valence-electron chi connectivity index (χ1n) is 8.45. The van der Waals surface area contributed by atoms with Crippen molar-refractivity contribution in [2.24, 2.45) is 11.8 Å². The number of amides is 1. The molecule has 2 saturated heterocycles. The van der Waals surface area contributed by atoms with E-state index in [-0.39, 0.29) is 23.9 Å². The van der Waals surface area contributed by atoms with Gasteiger partial charge in [0.2, 0.25) is 5.56 Å². The van der Waals surface area contributed by atoms with E-state index in [0.29, 0.717) is 22.9 Å². The number of aromatic nitrogens is 1. The maximum atomic E-state index is 13.1. The molecule has 134 valence electrons. The molecule has 2 aliphatic rings. The molecule has 2 N–H and O–H groups in total. The molecule has 0 spiro atoms. The van der Waals surface area contributed by atoms with E-state index < -0.39 is 0 Å². The van der Waals surface area contributed by atoms with Crippen molar-refractivity contribution >= 4 is 45.1 Å². The fourth-order valence-electron chi connectivity index (χ4n) is 4.01. The number of rotatable bonds is 1. The van der Waals surface area contributed by atoms with Gasteiger partial charge in [0.25, 0.3) is 5.91 Å². The number of nitrogens with zero attached hydrogens (tertiary/aromatic N) is 1. The zero-order valence-electron chi connectivity index (χ0n) is 13.8. The summed E-state index contributed by atoms with van der Waals surface area (Å²) >= 11 is 3.45. The number of para-hydroxylation sites is 1. The lowest BCUT2D eigenvalue weighted by atomic mass is 9.92. The van der Waals surface area contributed by atoms with Gasteiger partial charge in [0.1, 0.15) is 0 Å². The summed E-state index contributed by atoms with van der Waals surface area (Å²) in [6.45, 7) is 3.66. The van der Waals surface area contributed by atoms with Crippen molar-refractivity contribution in [3.05, 3.63) is 44.7 Å². The largest absolute Gasteiger partial charge is 0.339 e. The first-order chi connectivity index (χ1) is 11.6. The topological polar surface area (TPSA) is 65.2 Å². The summed E-state index contributed by atoms with van der Waals surface area (Å²) in [5.74, 6) is 1.32. The van der Waals surface area contributed by atoms with Crippen molar-refractivity contribution in [3.63, 3.8) is 0 Å². The molecule has 2 atom stereocenters. The summed E-state index contributed by atoms with van der Waals surface area (Å²) in [6, 6.07) is 7.08. The quantitative estimate of drug-likeness (QED) is 0.737.